The van der Waals surface area contributed by atoms with E-state index in [1.54, 1.807) is 12.3 Å². The molecule has 6 nitrogen and oxygen atoms in total. The predicted molar refractivity (Wildman–Crippen MR) is 102 cm³/mol. The number of carbonyl (C=O) groups excluding carboxylic acids is 1. The molecule has 0 unspecified atom stereocenters. The number of aryl methyl sites for hydroxylation is 1. The van der Waals surface area contributed by atoms with E-state index in [1.165, 1.54) is 0 Å². The Balaban J connectivity index is 2.22. The lowest BCUT2D eigenvalue weighted by Crippen LogP contribution is -2.30. The maximum absolute atomic E-state index is 12.2. The smallest absolute Gasteiger partial charge is 0.251 e. The van der Waals surface area contributed by atoms with E-state index in [9.17, 15) is 4.79 Å². The van der Waals surface area contributed by atoms with Gasteiger partial charge in [-0.3, -0.25) is 4.79 Å². The van der Waals surface area contributed by atoms with Crippen molar-refractivity contribution in [1.29, 1.82) is 0 Å². The van der Waals surface area contributed by atoms with E-state index in [0.717, 1.165) is 11.3 Å². The summed E-state index contributed by atoms with van der Waals surface area (Å²) >= 11 is 0. The molecule has 0 atom stereocenters. The Morgan fingerprint density at radius 3 is 2.56 bits per heavy atom. The van der Waals surface area contributed by atoms with Crippen molar-refractivity contribution in [3.8, 4) is 0 Å². The van der Waals surface area contributed by atoms with Crippen LogP contribution >= 0.6 is 0 Å². The Hall–Kier alpha value is -2.63. The summed E-state index contributed by atoms with van der Waals surface area (Å²) in [6, 6.07) is 7.46. The van der Waals surface area contributed by atoms with E-state index >= 15 is 0 Å². The second kappa shape index (κ2) is 7.51. The molecular formula is C19H27N5O. The summed E-state index contributed by atoms with van der Waals surface area (Å²) in [7, 11) is 0. The van der Waals surface area contributed by atoms with Crippen LogP contribution < -0.4 is 16.0 Å². The molecule has 1 aromatic carbocycles. The highest BCUT2D eigenvalue weighted by Gasteiger charge is 2.13. The third kappa shape index (κ3) is 5.74. The minimum absolute atomic E-state index is 0.0897. The van der Waals surface area contributed by atoms with Gasteiger partial charge in [0.25, 0.3) is 5.91 Å². The van der Waals surface area contributed by atoms with Gasteiger partial charge in [0.15, 0.2) is 0 Å². The summed E-state index contributed by atoms with van der Waals surface area (Å²) in [5.74, 6) is 1.19. The van der Waals surface area contributed by atoms with E-state index in [0.29, 0.717) is 17.3 Å². The fourth-order valence-corrected chi connectivity index (χ4v) is 2.18. The molecule has 1 aromatic heterocycles. The molecule has 0 aliphatic carbocycles. The summed E-state index contributed by atoms with van der Waals surface area (Å²) in [5.41, 5.74) is 2.22. The quantitative estimate of drug-likeness (QED) is 0.769. The van der Waals surface area contributed by atoms with Gasteiger partial charge in [0.05, 0.1) is 0 Å². The van der Waals surface area contributed by atoms with Crippen LogP contribution in [0, 0.1) is 6.92 Å². The van der Waals surface area contributed by atoms with Crippen molar-refractivity contribution in [2.45, 2.75) is 53.1 Å². The van der Waals surface area contributed by atoms with E-state index < -0.39 is 0 Å². The Bertz CT molecular complexity index is 750. The number of benzene rings is 1. The van der Waals surface area contributed by atoms with Crippen LogP contribution in [0.25, 0.3) is 0 Å². The van der Waals surface area contributed by atoms with Crippen molar-refractivity contribution in [2.24, 2.45) is 0 Å². The van der Waals surface area contributed by atoms with E-state index in [-0.39, 0.29) is 17.5 Å². The summed E-state index contributed by atoms with van der Waals surface area (Å²) in [4.78, 5) is 21.0. The van der Waals surface area contributed by atoms with Crippen LogP contribution in [0.3, 0.4) is 0 Å². The fraction of sp³-hybridized carbons (Fsp3) is 0.421. The fourth-order valence-electron chi connectivity index (χ4n) is 2.18. The van der Waals surface area contributed by atoms with Gasteiger partial charge in [0.1, 0.15) is 5.82 Å². The van der Waals surface area contributed by atoms with Crippen LogP contribution in [0.5, 0.6) is 0 Å². The van der Waals surface area contributed by atoms with E-state index in [4.69, 9.17) is 0 Å². The van der Waals surface area contributed by atoms with Crippen molar-refractivity contribution >= 4 is 23.4 Å². The zero-order chi connectivity index (χ0) is 18.6. The molecule has 0 radical (unpaired) electrons. The zero-order valence-corrected chi connectivity index (χ0v) is 15.8. The number of amides is 1. The van der Waals surface area contributed by atoms with Crippen molar-refractivity contribution in [3.05, 3.63) is 41.6 Å². The van der Waals surface area contributed by atoms with Gasteiger partial charge in [0.2, 0.25) is 5.95 Å². The lowest BCUT2D eigenvalue weighted by molar-refractivity contribution is 0.0943. The Labute approximate surface area is 149 Å². The van der Waals surface area contributed by atoms with E-state index in [1.807, 2.05) is 39.0 Å². The molecule has 0 aliphatic rings. The second-order valence-electron chi connectivity index (χ2n) is 7.43. The Morgan fingerprint density at radius 1 is 1.20 bits per heavy atom. The number of rotatable bonds is 5. The van der Waals surface area contributed by atoms with Crippen molar-refractivity contribution in [1.82, 2.24) is 15.3 Å². The van der Waals surface area contributed by atoms with Gasteiger partial charge < -0.3 is 16.0 Å². The molecule has 2 rings (SSSR count). The van der Waals surface area contributed by atoms with Crippen LogP contribution in [-0.4, -0.2) is 27.5 Å². The highest BCUT2D eigenvalue weighted by molar-refractivity contribution is 5.95. The number of aromatic nitrogens is 2. The van der Waals surface area contributed by atoms with Gasteiger partial charge >= 0.3 is 0 Å². The lowest BCUT2D eigenvalue weighted by atomic mass is 10.1. The zero-order valence-electron chi connectivity index (χ0n) is 15.8. The maximum atomic E-state index is 12.2. The number of hydrogen-bond donors (Lipinski definition) is 3. The summed E-state index contributed by atoms with van der Waals surface area (Å²) in [6.45, 7) is 12.0. The van der Waals surface area contributed by atoms with E-state index in [2.05, 4.69) is 46.7 Å². The molecule has 25 heavy (non-hydrogen) atoms. The first-order valence-electron chi connectivity index (χ1n) is 8.44. The highest BCUT2D eigenvalue weighted by atomic mass is 16.1. The Kier molecular flexibility index (Phi) is 5.62. The largest absolute Gasteiger partial charge is 0.350 e. The molecule has 6 heteroatoms. The average molecular weight is 341 g/mol. The summed E-state index contributed by atoms with van der Waals surface area (Å²) in [6.07, 6.45) is 1.78. The molecule has 2 aromatic rings. The van der Waals surface area contributed by atoms with Crippen LogP contribution in [-0.2, 0) is 0 Å². The molecule has 134 valence electrons. The first-order chi connectivity index (χ1) is 11.6. The number of hydrogen-bond acceptors (Lipinski definition) is 5. The van der Waals surface area contributed by atoms with Crippen LogP contribution in [0.15, 0.2) is 30.5 Å². The molecule has 1 heterocycles. The number of nitrogens with one attached hydrogen (secondary N) is 3. The summed E-state index contributed by atoms with van der Waals surface area (Å²) < 4.78 is 0. The molecule has 0 aliphatic heterocycles. The average Bonchev–Trinajstić information content (AvgIpc) is 2.49. The highest BCUT2D eigenvalue weighted by Crippen LogP contribution is 2.21. The van der Waals surface area contributed by atoms with Crippen molar-refractivity contribution < 1.29 is 4.79 Å². The first-order valence-corrected chi connectivity index (χ1v) is 8.44. The van der Waals surface area contributed by atoms with Gasteiger partial charge in [0, 0.05) is 34.6 Å². The van der Waals surface area contributed by atoms with Crippen LogP contribution in [0.1, 0.15) is 50.5 Å². The first kappa shape index (κ1) is 18.7. The van der Waals surface area contributed by atoms with Gasteiger partial charge in [-0.2, -0.15) is 4.98 Å². The standard InChI is InChI=1S/C19H27N5O/c1-12(2)21-17(25)14-8-7-9-15(10-14)22-16-13(3)11-20-18(23-16)24-19(4,5)6/h7-12H,1-6H3,(H,21,25)(H2,20,22,23,24). The third-order valence-corrected chi connectivity index (χ3v) is 3.27. The molecule has 3 N–H and O–H groups in total. The second-order valence-corrected chi connectivity index (χ2v) is 7.43. The number of nitrogens with zero attached hydrogens (tertiary/aromatic N) is 2. The van der Waals surface area contributed by atoms with Gasteiger partial charge in [-0.25, -0.2) is 4.98 Å². The predicted octanol–water partition coefficient (Wildman–Crippen LogP) is 3.88. The minimum Gasteiger partial charge on any atom is -0.350 e. The van der Waals surface area contributed by atoms with Crippen molar-refractivity contribution in [2.75, 3.05) is 10.6 Å². The molecule has 0 fully saturated rings. The molecule has 0 saturated heterocycles. The van der Waals surface area contributed by atoms with Gasteiger partial charge in [-0.05, 0) is 59.7 Å². The third-order valence-electron chi connectivity index (χ3n) is 3.27. The number of carbonyl (C=O) groups is 1. The normalized spacial score (nSPS) is 11.3. The summed E-state index contributed by atoms with van der Waals surface area (Å²) in [5, 5.41) is 9.43. The molecular weight excluding hydrogens is 314 g/mol. The molecule has 0 saturated carbocycles. The molecule has 0 bridgehead atoms. The van der Waals surface area contributed by atoms with Gasteiger partial charge in [-0.15, -0.1) is 0 Å². The number of anilines is 3. The molecule has 0 spiro atoms. The maximum Gasteiger partial charge on any atom is 0.251 e. The SMILES string of the molecule is Cc1cnc(NC(C)(C)C)nc1Nc1cccc(C(=O)NC(C)C)c1. The lowest BCUT2D eigenvalue weighted by Gasteiger charge is -2.21. The van der Waals surface area contributed by atoms with Crippen molar-refractivity contribution in [3.63, 3.8) is 0 Å². The monoisotopic (exact) mass is 341 g/mol. The van der Waals surface area contributed by atoms with Gasteiger partial charge in [-0.1, -0.05) is 6.07 Å². The minimum atomic E-state index is -0.124. The topological polar surface area (TPSA) is 78.9 Å². The Morgan fingerprint density at radius 2 is 1.92 bits per heavy atom. The van der Waals surface area contributed by atoms with Crippen LogP contribution in [0.2, 0.25) is 0 Å². The van der Waals surface area contributed by atoms with Crippen LogP contribution in [0.4, 0.5) is 17.5 Å². The molecule has 1 amide bonds.